The summed E-state index contributed by atoms with van der Waals surface area (Å²) in [5.74, 6) is 0.392. The SMILES string of the molecule is CNC(=O)NC(=O)CCSc1cc(C(C)(C)C)ccc1C. The number of thioether (sulfide) groups is 1. The summed E-state index contributed by atoms with van der Waals surface area (Å²) in [6, 6.07) is 6.00. The van der Waals surface area contributed by atoms with Gasteiger partial charge in [0.25, 0.3) is 0 Å². The van der Waals surface area contributed by atoms with Crippen molar-refractivity contribution in [3.63, 3.8) is 0 Å². The standard InChI is InChI=1S/C16H24N2O2S/c1-11-6-7-12(16(2,3)4)10-13(11)21-9-8-14(19)18-15(20)17-5/h6-7,10H,8-9H2,1-5H3,(H2,17,18,19,20). The molecule has 3 amide bonds. The summed E-state index contributed by atoms with van der Waals surface area (Å²) in [7, 11) is 1.48. The molecule has 0 fully saturated rings. The van der Waals surface area contributed by atoms with Gasteiger partial charge in [0.15, 0.2) is 0 Å². The Balaban J connectivity index is 2.59. The number of hydrogen-bond acceptors (Lipinski definition) is 3. The normalized spacial score (nSPS) is 11.1. The summed E-state index contributed by atoms with van der Waals surface area (Å²) in [5, 5.41) is 4.62. The van der Waals surface area contributed by atoms with E-state index in [2.05, 4.69) is 56.5 Å². The zero-order chi connectivity index (χ0) is 16.0. The van der Waals surface area contributed by atoms with Gasteiger partial charge in [-0.3, -0.25) is 10.1 Å². The summed E-state index contributed by atoms with van der Waals surface area (Å²) in [5.41, 5.74) is 2.60. The number of amides is 3. The van der Waals surface area contributed by atoms with Gasteiger partial charge >= 0.3 is 6.03 Å². The van der Waals surface area contributed by atoms with Gasteiger partial charge in [0.2, 0.25) is 5.91 Å². The molecule has 0 aliphatic carbocycles. The topological polar surface area (TPSA) is 58.2 Å². The first-order chi connectivity index (χ1) is 9.74. The van der Waals surface area contributed by atoms with Gasteiger partial charge in [0.05, 0.1) is 0 Å². The van der Waals surface area contributed by atoms with Crippen LogP contribution in [-0.4, -0.2) is 24.7 Å². The van der Waals surface area contributed by atoms with Gasteiger partial charge in [-0.2, -0.15) is 0 Å². The quantitative estimate of drug-likeness (QED) is 0.840. The van der Waals surface area contributed by atoms with Crippen LogP contribution in [0.1, 0.15) is 38.3 Å². The largest absolute Gasteiger partial charge is 0.341 e. The maximum Gasteiger partial charge on any atom is 0.321 e. The van der Waals surface area contributed by atoms with Gasteiger partial charge in [-0.25, -0.2) is 4.79 Å². The Morgan fingerprint density at radius 3 is 2.48 bits per heavy atom. The average molecular weight is 308 g/mol. The van der Waals surface area contributed by atoms with Crippen LogP contribution in [0.15, 0.2) is 23.1 Å². The first kappa shape index (κ1) is 17.6. The van der Waals surface area contributed by atoms with E-state index >= 15 is 0 Å². The summed E-state index contributed by atoms with van der Waals surface area (Å²) in [6.45, 7) is 8.62. The molecule has 1 aromatic carbocycles. The Labute approximate surface area is 131 Å². The summed E-state index contributed by atoms with van der Waals surface area (Å²) in [4.78, 5) is 23.7. The van der Waals surface area contributed by atoms with Crippen LogP contribution < -0.4 is 10.6 Å². The Morgan fingerprint density at radius 2 is 1.90 bits per heavy atom. The zero-order valence-electron chi connectivity index (χ0n) is 13.4. The lowest BCUT2D eigenvalue weighted by Gasteiger charge is -2.20. The third-order valence-electron chi connectivity index (χ3n) is 3.12. The number of nitrogens with one attached hydrogen (secondary N) is 2. The molecule has 0 bridgehead atoms. The number of imide groups is 1. The van der Waals surface area contributed by atoms with Gasteiger partial charge < -0.3 is 5.32 Å². The lowest BCUT2D eigenvalue weighted by atomic mass is 9.87. The highest BCUT2D eigenvalue weighted by molar-refractivity contribution is 7.99. The molecule has 1 aromatic rings. The van der Waals surface area contributed by atoms with Crippen molar-refractivity contribution >= 4 is 23.7 Å². The Morgan fingerprint density at radius 1 is 1.24 bits per heavy atom. The Kier molecular flexibility index (Phi) is 6.27. The van der Waals surface area contributed by atoms with Crippen molar-refractivity contribution in [2.45, 2.75) is 44.4 Å². The predicted octanol–water partition coefficient (Wildman–Crippen LogP) is 3.23. The summed E-state index contributed by atoms with van der Waals surface area (Å²) < 4.78 is 0. The Hall–Kier alpha value is -1.49. The number of benzene rings is 1. The second-order valence-electron chi connectivity index (χ2n) is 5.96. The molecule has 0 aliphatic rings. The fourth-order valence-electron chi connectivity index (χ4n) is 1.73. The van der Waals surface area contributed by atoms with E-state index in [1.807, 2.05) is 0 Å². The van der Waals surface area contributed by atoms with E-state index in [-0.39, 0.29) is 11.3 Å². The highest BCUT2D eigenvalue weighted by atomic mass is 32.2. The molecule has 2 N–H and O–H groups in total. The minimum Gasteiger partial charge on any atom is -0.341 e. The van der Waals surface area contributed by atoms with E-state index in [1.165, 1.54) is 23.1 Å². The zero-order valence-corrected chi connectivity index (χ0v) is 14.2. The lowest BCUT2D eigenvalue weighted by Crippen LogP contribution is -2.37. The molecule has 0 radical (unpaired) electrons. The van der Waals surface area contributed by atoms with Gasteiger partial charge in [0.1, 0.15) is 0 Å². The van der Waals surface area contributed by atoms with Gasteiger partial charge in [-0.1, -0.05) is 32.9 Å². The molecule has 0 aliphatic heterocycles. The van der Waals surface area contributed by atoms with E-state index in [1.54, 1.807) is 11.8 Å². The summed E-state index contributed by atoms with van der Waals surface area (Å²) >= 11 is 1.65. The second-order valence-corrected chi connectivity index (χ2v) is 7.09. The number of urea groups is 1. The molecule has 1 rings (SSSR count). The molecule has 5 heteroatoms. The van der Waals surface area contributed by atoms with Crippen LogP contribution >= 0.6 is 11.8 Å². The smallest absolute Gasteiger partial charge is 0.321 e. The first-order valence-corrected chi connectivity index (χ1v) is 7.98. The van der Waals surface area contributed by atoms with Crippen molar-refractivity contribution in [3.8, 4) is 0 Å². The van der Waals surface area contributed by atoms with Crippen LogP contribution in [0.2, 0.25) is 0 Å². The fraction of sp³-hybridized carbons (Fsp3) is 0.500. The number of rotatable bonds is 4. The second kappa shape index (κ2) is 7.50. The molecule has 0 atom stereocenters. The molecule has 0 aromatic heterocycles. The van der Waals surface area contributed by atoms with Crippen molar-refractivity contribution in [2.24, 2.45) is 0 Å². The third-order valence-corrected chi connectivity index (χ3v) is 4.28. The highest BCUT2D eigenvalue weighted by Crippen LogP contribution is 2.29. The van der Waals surface area contributed by atoms with Gasteiger partial charge in [-0.05, 0) is 29.5 Å². The molecular formula is C16H24N2O2S. The highest BCUT2D eigenvalue weighted by Gasteiger charge is 2.15. The monoisotopic (exact) mass is 308 g/mol. The predicted molar refractivity (Wildman–Crippen MR) is 87.8 cm³/mol. The molecule has 116 valence electrons. The number of carbonyl (C=O) groups is 2. The maximum absolute atomic E-state index is 11.5. The van der Waals surface area contributed by atoms with Crippen LogP contribution in [0.5, 0.6) is 0 Å². The van der Waals surface area contributed by atoms with Crippen molar-refractivity contribution in [1.82, 2.24) is 10.6 Å². The van der Waals surface area contributed by atoms with Crippen LogP contribution in [-0.2, 0) is 10.2 Å². The van der Waals surface area contributed by atoms with Crippen molar-refractivity contribution in [3.05, 3.63) is 29.3 Å². The van der Waals surface area contributed by atoms with E-state index in [4.69, 9.17) is 0 Å². The van der Waals surface area contributed by atoms with Crippen molar-refractivity contribution in [2.75, 3.05) is 12.8 Å². The minimum absolute atomic E-state index is 0.111. The molecule has 0 saturated carbocycles. The van der Waals surface area contributed by atoms with E-state index in [0.29, 0.717) is 12.2 Å². The van der Waals surface area contributed by atoms with Crippen LogP contribution in [0.3, 0.4) is 0 Å². The number of carbonyl (C=O) groups excluding carboxylic acids is 2. The van der Waals surface area contributed by atoms with Crippen LogP contribution in [0.4, 0.5) is 4.79 Å². The van der Waals surface area contributed by atoms with E-state index in [9.17, 15) is 9.59 Å². The Bertz CT molecular complexity index is 521. The molecule has 0 saturated heterocycles. The van der Waals surface area contributed by atoms with E-state index in [0.717, 1.165) is 0 Å². The van der Waals surface area contributed by atoms with Crippen molar-refractivity contribution < 1.29 is 9.59 Å². The third kappa shape index (κ3) is 5.79. The average Bonchev–Trinajstić information content (AvgIpc) is 2.39. The maximum atomic E-state index is 11.5. The number of aryl methyl sites for hydroxylation is 1. The lowest BCUT2D eigenvalue weighted by molar-refractivity contribution is -0.119. The first-order valence-electron chi connectivity index (χ1n) is 6.99. The minimum atomic E-state index is -0.462. The summed E-state index contributed by atoms with van der Waals surface area (Å²) in [6.07, 6.45) is 0.317. The van der Waals surface area contributed by atoms with Crippen LogP contribution in [0, 0.1) is 6.92 Å². The molecule has 21 heavy (non-hydrogen) atoms. The molecule has 0 unspecified atom stereocenters. The fourth-order valence-corrected chi connectivity index (χ4v) is 2.74. The van der Waals surface area contributed by atoms with E-state index < -0.39 is 6.03 Å². The molecule has 0 heterocycles. The molecule has 0 spiro atoms. The molecule has 4 nitrogen and oxygen atoms in total. The van der Waals surface area contributed by atoms with Gasteiger partial charge in [0, 0.05) is 24.1 Å². The van der Waals surface area contributed by atoms with Gasteiger partial charge in [-0.15, -0.1) is 11.8 Å². The van der Waals surface area contributed by atoms with Crippen molar-refractivity contribution in [1.29, 1.82) is 0 Å². The molecular weight excluding hydrogens is 284 g/mol. The number of hydrogen-bond donors (Lipinski definition) is 2. The van der Waals surface area contributed by atoms with Crippen LogP contribution in [0.25, 0.3) is 0 Å².